The fourth-order valence-corrected chi connectivity index (χ4v) is 4.45. The number of anilines is 1. The number of benzene rings is 2. The average Bonchev–Trinajstić information content (AvgIpc) is 2.85. The average molecular weight is 481 g/mol. The third-order valence-corrected chi connectivity index (χ3v) is 6.89. The van der Waals surface area contributed by atoms with Gasteiger partial charge in [-0.1, -0.05) is 55.8 Å². The summed E-state index contributed by atoms with van der Waals surface area (Å²) >= 11 is 6.25. The standard InChI is InChI=1S/C27H30ClFN4O/c1-4-18(2)25-30-19(3)22(17-20-9-5-8-12-24(20)29)26(31-25)32-13-15-33(16-14-32)27(34)21-10-6-7-11-23(21)28/h5-12,18H,4,13-17H2,1-3H3/t18-/m0/s1. The molecule has 0 unspecified atom stereocenters. The van der Waals surface area contributed by atoms with Crippen LogP contribution in [0.4, 0.5) is 10.2 Å². The minimum absolute atomic E-state index is 0.0593. The van der Waals surface area contributed by atoms with E-state index in [1.54, 1.807) is 24.3 Å². The Morgan fingerprint density at radius 1 is 1.06 bits per heavy atom. The molecule has 178 valence electrons. The number of hydrogen-bond donors (Lipinski definition) is 0. The second kappa shape index (κ2) is 10.5. The summed E-state index contributed by atoms with van der Waals surface area (Å²) in [7, 11) is 0. The van der Waals surface area contributed by atoms with E-state index in [0.29, 0.717) is 48.7 Å². The molecule has 1 saturated heterocycles. The molecular formula is C27H30ClFN4O. The summed E-state index contributed by atoms with van der Waals surface area (Å²) in [5.74, 6) is 1.59. The molecule has 1 fully saturated rings. The molecule has 2 heterocycles. The van der Waals surface area contributed by atoms with E-state index < -0.39 is 0 Å². The second-order valence-electron chi connectivity index (χ2n) is 8.81. The Labute approximate surface area is 205 Å². The molecule has 1 amide bonds. The van der Waals surface area contributed by atoms with Crippen LogP contribution in [0, 0.1) is 12.7 Å². The number of aryl methyl sites for hydroxylation is 1. The highest BCUT2D eigenvalue weighted by Crippen LogP contribution is 2.29. The lowest BCUT2D eigenvalue weighted by atomic mass is 10.0. The number of halogens is 2. The van der Waals surface area contributed by atoms with E-state index in [1.807, 2.05) is 30.0 Å². The lowest BCUT2D eigenvalue weighted by Gasteiger charge is -2.37. The van der Waals surface area contributed by atoms with Crippen LogP contribution in [0.2, 0.25) is 5.02 Å². The summed E-state index contributed by atoms with van der Waals surface area (Å²) in [4.78, 5) is 26.8. The van der Waals surface area contributed by atoms with Crippen molar-refractivity contribution in [3.05, 3.63) is 87.6 Å². The molecule has 0 bridgehead atoms. The maximum Gasteiger partial charge on any atom is 0.255 e. The highest BCUT2D eigenvalue weighted by molar-refractivity contribution is 6.33. The summed E-state index contributed by atoms with van der Waals surface area (Å²) in [5, 5.41) is 0.465. The quantitative estimate of drug-likeness (QED) is 0.458. The van der Waals surface area contributed by atoms with Crippen molar-refractivity contribution >= 4 is 23.3 Å². The molecule has 34 heavy (non-hydrogen) atoms. The lowest BCUT2D eigenvalue weighted by molar-refractivity contribution is 0.0746. The van der Waals surface area contributed by atoms with Crippen LogP contribution in [-0.2, 0) is 6.42 Å². The summed E-state index contributed by atoms with van der Waals surface area (Å²) in [6, 6.07) is 14.0. The SMILES string of the molecule is CC[C@H](C)c1nc(C)c(Cc2ccccc2F)c(N2CCN(C(=O)c3ccccc3Cl)CC2)n1. The summed E-state index contributed by atoms with van der Waals surface area (Å²) in [6.07, 6.45) is 1.36. The van der Waals surface area contributed by atoms with E-state index in [4.69, 9.17) is 21.6 Å². The maximum atomic E-state index is 14.5. The van der Waals surface area contributed by atoms with Crippen molar-refractivity contribution in [2.75, 3.05) is 31.1 Å². The second-order valence-corrected chi connectivity index (χ2v) is 9.21. The molecule has 1 atom stereocenters. The van der Waals surface area contributed by atoms with Gasteiger partial charge in [0.15, 0.2) is 0 Å². The van der Waals surface area contributed by atoms with Crippen LogP contribution in [-0.4, -0.2) is 47.0 Å². The van der Waals surface area contributed by atoms with Crippen molar-refractivity contribution in [3.8, 4) is 0 Å². The molecular weight excluding hydrogens is 451 g/mol. The van der Waals surface area contributed by atoms with Gasteiger partial charge >= 0.3 is 0 Å². The Bertz CT molecular complexity index is 1180. The number of carbonyl (C=O) groups excluding carboxylic acids is 1. The van der Waals surface area contributed by atoms with E-state index in [2.05, 4.69) is 18.7 Å². The van der Waals surface area contributed by atoms with E-state index in [-0.39, 0.29) is 17.6 Å². The number of nitrogens with zero attached hydrogens (tertiary/aromatic N) is 4. The van der Waals surface area contributed by atoms with Gasteiger partial charge in [0.05, 0.1) is 10.6 Å². The van der Waals surface area contributed by atoms with Gasteiger partial charge in [-0.15, -0.1) is 0 Å². The zero-order valence-corrected chi connectivity index (χ0v) is 20.6. The van der Waals surface area contributed by atoms with E-state index in [9.17, 15) is 9.18 Å². The van der Waals surface area contributed by atoms with Crippen LogP contribution in [0.5, 0.6) is 0 Å². The van der Waals surface area contributed by atoms with Crippen molar-refractivity contribution < 1.29 is 9.18 Å². The summed E-state index contributed by atoms with van der Waals surface area (Å²) in [5.41, 5.74) is 2.95. The van der Waals surface area contributed by atoms with Crippen LogP contribution in [0.25, 0.3) is 0 Å². The number of piperazine rings is 1. The normalized spacial score (nSPS) is 14.9. The van der Waals surface area contributed by atoms with Gasteiger partial charge in [0.2, 0.25) is 0 Å². The van der Waals surface area contributed by atoms with Crippen molar-refractivity contribution in [1.29, 1.82) is 0 Å². The first-order chi connectivity index (χ1) is 16.4. The number of amides is 1. The fraction of sp³-hybridized carbons (Fsp3) is 0.370. The van der Waals surface area contributed by atoms with Crippen molar-refractivity contribution in [3.63, 3.8) is 0 Å². The van der Waals surface area contributed by atoms with Crippen LogP contribution >= 0.6 is 11.6 Å². The first kappa shape index (κ1) is 24.1. The highest BCUT2D eigenvalue weighted by atomic mass is 35.5. The first-order valence-corrected chi connectivity index (χ1v) is 12.2. The zero-order valence-electron chi connectivity index (χ0n) is 19.9. The van der Waals surface area contributed by atoms with Gasteiger partial charge in [-0.3, -0.25) is 4.79 Å². The predicted octanol–water partition coefficient (Wildman–Crippen LogP) is 5.64. The topological polar surface area (TPSA) is 49.3 Å². The van der Waals surface area contributed by atoms with Crippen molar-refractivity contribution in [2.45, 2.75) is 39.5 Å². The van der Waals surface area contributed by atoms with Gasteiger partial charge < -0.3 is 9.80 Å². The number of rotatable bonds is 6. The van der Waals surface area contributed by atoms with Gasteiger partial charge in [0.25, 0.3) is 5.91 Å². The molecule has 0 N–H and O–H groups in total. The molecule has 0 aliphatic carbocycles. The van der Waals surface area contributed by atoms with E-state index in [0.717, 1.165) is 29.3 Å². The molecule has 1 aliphatic heterocycles. The fourth-order valence-electron chi connectivity index (χ4n) is 4.23. The highest BCUT2D eigenvalue weighted by Gasteiger charge is 2.27. The minimum atomic E-state index is -0.228. The Morgan fingerprint density at radius 3 is 2.41 bits per heavy atom. The molecule has 0 radical (unpaired) electrons. The molecule has 4 rings (SSSR count). The molecule has 5 nitrogen and oxygen atoms in total. The van der Waals surface area contributed by atoms with Crippen LogP contribution in [0.1, 0.15) is 59.2 Å². The Kier molecular flexibility index (Phi) is 7.47. The minimum Gasteiger partial charge on any atom is -0.353 e. The van der Waals surface area contributed by atoms with E-state index >= 15 is 0 Å². The summed E-state index contributed by atoms with van der Waals surface area (Å²) in [6.45, 7) is 8.61. The molecule has 0 saturated carbocycles. The number of hydrogen-bond acceptors (Lipinski definition) is 4. The largest absolute Gasteiger partial charge is 0.353 e. The first-order valence-electron chi connectivity index (χ1n) is 11.8. The van der Waals surface area contributed by atoms with Gasteiger partial charge in [-0.05, 0) is 37.1 Å². The van der Waals surface area contributed by atoms with Gasteiger partial charge in [0, 0.05) is 49.8 Å². The number of carbonyl (C=O) groups is 1. The van der Waals surface area contributed by atoms with Crippen molar-refractivity contribution in [1.82, 2.24) is 14.9 Å². The molecule has 7 heteroatoms. The van der Waals surface area contributed by atoms with E-state index in [1.165, 1.54) is 6.07 Å². The third-order valence-electron chi connectivity index (χ3n) is 6.56. The molecule has 1 aromatic heterocycles. The van der Waals surface area contributed by atoms with Gasteiger partial charge in [-0.25, -0.2) is 14.4 Å². The monoisotopic (exact) mass is 480 g/mol. The van der Waals surface area contributed by atoms with Crippen molar-refractivity contribution in [2.24, 2.45) is 0 Å². The van der Waals surface area contributed by atoms with Gasteiger partial charge in [-0.2, -0.15) is 0 Å². The van der Waals surface area contributed by atoms with Crippen LogP contribution < -0.4 is 4.90 Å². The molecule has 2 aromatic carbocycles. The number of aromatic nitrogens is 2. The lowest BCUT2D eigenvalue weighted by Crippen LogP contribution is -2.49. The third kappa shape index (κ3) is 5.07. The Hall–Kier alpha value is -2.99. The Balaban J connectivity index is 1.61. The molecule has 3 aromatic rings. The summed E-state index contributed by atoms with van der Waals surface area (Å²) < 4.78 is 14.5. The zero-order chi connectivity index (χ0) is 24.2. The van der Waals surface area contributed by atoms with Crippen LogP contribution in [0.3, 0.4) is 0 Å². The van der Waals surface area contributed by atoms with Gasteiger partial charge in [0.1, 0.15) is 17.5 Å². The predicted molar refractivity (Wildman–Crippen MR) is 134 cm³/mol. The molecule has 0 spiro atoms. The molecule has 1 aliphatic rings. The smallest absolute Gasteiger partial charge is 0.255 e. The maximum absolute atomic E-state index is 14.5. The Morgan fingerprint density at radius 2 is 1.74 bits per heavy atom. The van der Waals surface area contributed by atoms with Crippen LogP contribution in [0.15, 0.2) is 48.5 Å².